The molecule has 0 bridgehead atoms. The molecule has 25 heavy (non-hydrogen) atoms. The molecule has 2 saturated heterocycles. The number of aromatic nitrogens is 4. The van der Waals surface area contributed by atoms with Gasteiger partial charge in [-0.2, -0.15) is 0 Å². The van der Waals surface area contributed by atoms with Crippen LogP contribution in [0.3, 0.4) is 0 Å². The molecule has 2 aliphatic rings. The number of piperidine rings is 1. The van der Waals surface area contributed by atoms with E-state index in [9.17, 15) is 4.79 Å². The Morgan fingerprint density at radius 3 is 2.68 bits per heavy atom. The fourth-order valence-corrected chi connectivity index (χ4v) is 4.04. The maximum Gasteiger partial charge on any atom is 0.251 e. The second kappa shape index (κ2) is 6.92. The van der Waals surface area contributed by atoms with Crippen LogP contribution in [0.15, 0.2) is 24.3 Å². The molecule has 1 amide bonds. The fourth-order valence-electron chi connectivity index (χ4n) is 4.04. The molecule has 2 atom stereocenters. The van der Waals surface area contributed by atoms with Crippen molar-refractivity contribution >= 4 is 5.91 Å². The lowest BCUT2D eigenvalue weighted by Crippen LogP contribution is -2.52. The van der Waals surface area contributed by atoms with Gasteiger partial charge < -0.3 is 5.32 Å². The number of nitrogens with one attached hydrogen (secondary N) is 1. The van der Waals surface area contributed by atoms with Crippen molar-refractivity contribution < 1.29 is 4.79 Å². The van der Waals surface area contributed by atoms with Gasteiger partial charge in [0.25, 0.3) is 5.91 Å². The van der Waals surface area contributed by atoms with Gasteiger partial charge in [0.2, 0.25) is 0 Å². The summed E-state index contributed by atoms with van der Waals surface area (Å²) in [6.45, 7) is 4.85. The number of fused-ring (bicyclic) bond motifs is 1. The lowest BCUT2D eigenvalue weighted by Gasteiger charge is -2.37. The van der Waals surface area contributed by atoms with Gasteiger partial charge in [-0.15, -0.1) is 5.10 Å². The average Bonchev–Trinajstić information content (AvgIpc) is 3.25. The summed E-state index contributed by atoms with van der Waals surface area (Å²) in [4.78, 5) is 15.2. The Balaban J connectivity index is 1.39. The monoisotopic (exact) mass is 340 g/mol. The first-order valence-electron chi connectivity index (χ1n) is 9.07. The number of aryl methyl sites for hydroxylation is 1. The van der Waals surface area contributed by atoms with E-state index in [4.69, 9.17) is 0 Å². The van der Waals surface area contributed by atoms with Crippen LogP contribution in [0.1, 0.15) is 47.4 Å². The number of hydrogen-bond donors (Lipinski definition) is 1. The van der Waals surface area contributed by atoms with Crippen LogP contribution in [0.25, 0.3) is 0 Å². The Labute approximate surface area is 147 Å². The van der Waals surface area contributed by atoms with Crippen molar-refractivity contribution in [3.8, 4) is 0 Å². The first kappa shape index (κ1) is 16.2. The lowest BCUT2D eigenvalue weighted by atomic mass is 9.96. The molecule has 2 aromatic rings. The first-order valence-corrected chi connectivity index (χ1v) is 9.07. The number of carbonyl (C=O) groups excluding carboxylic acids is 1. The maximum absolute atomic E-state index is 12.6. The SMILES string of the molecule is Cc1nnnn1Cc1ccc(C(=O)N[C@H]2CCCN3CCC[C@@H]23)cc1. The number of rotatable bonds is 4. The molecule has 1 aromatic carbocycles. The topological polar surface area (TPSA) is 75.9 Å². The van der Waals surface area contributed by atoms with E-state index in [0.717, 1.165) is 17.8 Å². The van der Waals surface area contributed by atoms with Crippen LogP contribution in [0.4, 0.5) is 0 Å². The number of hydrogen-bond acceptors (Lipinski definition) is 5. The van der Waals surface area contributed by atoms with Gasteiger partial charge in [0.15, 0.2) is 0 Å². The molecule has 1 aromatic heterocycles. The number of tetrazole rings is 1. The second-order valence-corrected chi connectivity index (χ2v) is 7.05. The van der Waals surface area contributed by atoms with Crippen LogP contribution in [0, 0.1) is 6.92 Å². The van der Waals surface area contributed by atoms with E-state index in [0.29, 0.717) is 18.2 Å². The smallest absolute Gasteiger partial charge is 0.251 e. The summed E-state index contributed by atoms with van der Waals surface area (Å²) in [5.41, 5.74) is 1.79. The predicted molar refractivity (Wildman–Crippen MR) is 93.2 cm³/mol. The van der Waals surface area contributed by atoms with Crippen LogP contribution in [-0.2, 0) is 6.54 Å². The Morgan fingerprint density at radius 2 is 1.96 bits per heavy atom. The molecule has 7 nitrogen and oxygen atoms in total. The molecule has 0 spiro atoms. The molecule has 0 saturated carbocycles. The van der Waals surface area contributed by atoms with Gasteiger partial charge >= 0.3 is 0 Å². The van der Waals surface area contributed by atoms with E-state index >= 15 is 0 Å². The zero-order valence-electron chi connectivity index (χ0n) is 14.6. The van der Waals surface area contributed by atoms with Gasteiger partial charge in [0, 0.05) is 17.6 Å². The van der Waals surface area contributed by atoms with Crippen molar-refractivity contribution in [2.45, 2.75) is 51.2 Å². The number of nitrogens with zero attached hydrogens (tertiary/aromatic N) is 5. The lowest BCUT2D eigenvalue weighted by molar-refractivity contribution is 0.0868. The summed E-state index contributed by atoms with van der Waals surface area (Å²) in [7, 11) is 0. The van der Waals surface area contributed by atoms with Crippen molar-refractivity contribution in [2.24, 2.45) is 0 Å². The Morgan fingerprint density at radius 1 is 1.20 bits per heavy atom. The van der Waals surface area contributed by atoms with E-state index in [-0.39, 0.29) is 11.9 Å². The van der Waals surface area contributed by atoms with Gasteiger partial charge in [0.1, 0.15) is 5.82 Å². The van der Waals surface area contributed by atoms with E-state index in [2.05, 4.69) is 25.7 Å². The third-order valence-corrected chi connectivity index (χ3v) is 5.42. The second-order valence-electron chi connectivity index (χ2n) is 7.05. The van der Waals surface area contributed by atoms with Crippen LogP contribution in [0.2, 0.25) is 0 Å². The Hall–Kier alpha value is -2.28. The van der Waals surface area contributed by atoms with Crippen molar-refractivity contribution in [1.29, 1.82) is 0 Å². The molecule has 7 heteroatoms. The highest BCUT2D eigenvalue weighted by Crippen LogP contribution is 2.27. The standard InChI is InChI=1S/C18H24N6O/c1-13-20-21-22-24(13)12-14-6-8-15(9-7-14)18(25)19-16-4-2-10-23-11-3-5-17(16)23/h6-9,16-17H,2-5,10-12H2,1H3,(H,19,25)/t16-,17-/m0/s1. The predicted octanol–water partition coefficient (Wildman–Crippen LogP) is 1.39. The van der Waals surface area contributed by atoms with E-state index in [1.807, 2.05) is 31.2 Å². The molecule has 3 heterocycles. The first-order chi connectivity index (χ1) is 12.2. The molecular formula is C18H24N6O. The molecule has 4 rings (SSSR count). The van der Waals surface area contributed by atoms with E-state index < -0.39 is 0 Å². The summed E-state index contributed by atoms with van der Waals surface area (Å²) in [5, 5.41) is 14.7. The molecule has 2 aliphatic heterocycles. The average molecular weight is 340 g/mol. The van der Waals surface area contributed by atoms with E-state index in [1.165, 1.54) is 32.4 Å². The normalized spacial score (nSPS) is 23.4. The summed E-state index contributed by atoms with van der Waals surface area (Å²) in [6.07, 6.45) is 4.71. The maximum atomic E-state index is 12.6. The van der Waals surface area contributed by atoms with Crippen LogP contribution in [0.5, 0.6) is 0 Å². The molecule has 1 N–H and O–H groups in total. The third kappa shape index (κ3) is 3.42. The largest absolute Gasteiger partial charge is 0.348 e. The zero-order chi connectivity index (χ0) is 17.2. The quantitative estimate of drug-likeness (QED) is 0.910. The van der Waals surface area contributed by atoms with Crippen molar-refractivity contribution in [1.82, 2.24) is 30.4 Å². The fraction of sp³-hybridized carbons (Fsp3) is 0.556. The van der Waals surface area contributed by atoms with Crippen LogP contribution in [-0.4, -0.2) is 56.2 Å². The van der Waals surface area contributed by atoms with Crippen molar-refractivity contribution in [3.63, 3.8) is 0 Å². The minimum atomic E-state index is 0.0314. The molecule has 2 fully saturated rings. The minimum Gasteiger partial charge on any atom is -0.348 e. The van der Waals surface area contributed by atoms with Crippen molar-refractivity contribution in [2.75, 3.05) is 13.1 Å². The van der Waals surface area contributed by atoms with Gasteiger partial charge in [0.05, 0.1) is 6.54 Å². The summed E-state index contributed by atoms with van der Waals surface area (Å²) in [5.74, 6) is 0.809. The third-order valence-electron chi connectivity index (χ3n) is 5.42. The van der Waals surface area contributed by atoms with Gasteiger partial charge in [-0.3, -0.25) is 9.69 Å². The highest BCUT2D eigenvalue weighted by Gasteiger charge is 2.35. The zero-order valence-corrected chi connectivity index (χ0v) is 14.6. The highest BCUT2D eigenvalue weighted by molar-refractivity contribution is 5.94. The highest BCUT2D eigenvalue weighted by atomic mass is 16.1. The van der Waals surface area contributed by atoms with Gasteiger partial charge in [-0.1, -0.05) is 12.1 Å². The molecule has 132 valence electrons. The Bertz CT molecular complexity index is 740. The summed E-state index contributed by atoms with van der Waals surface area (Å²) < 4.78 is 1.74. The molecule has 0 radical (unpaired) electrons. The molecule has 0 unspecified atom stereocenters. The van der Waals surface area contributed by atoms with E-state index in [1.54, 1.807) is 4.68 Å². The minimum absolute atomic E-state index is 0.0314. The van der Waals surface area contributed by atoms with Gasteiger partial charge in [-0.25, -0.2) is 4.68 Å². The summed E-state index contributed by atoms with van der Waals surface area (Å²) >= 11 is 0. The van der Waals surface area contributed by atoms with Crippen molar-refractivity contribution in [3.05, 3.63) is 41.2 Å². The number of benzene rings is 1. The van der Waals surface area contributed by atoms with Gasteiger partial charge in [-0.05, 0) is 73.8 Å². The molecular weight excluding hydrogens is 316 g/mol. The van der Waals surface area contributed by atoms with Crippen LogP contribution < -0.4 is 5.32 Å². The Kier molecular flexibility index (Phi) is 4.48. The van der Waals surface area contributed by atoms with Crippen LogP contribution >= 0.6 is 0 Å². The molecule has 0 aliphatic carbocycles. The number of carbonyl (C=O) groups is 1. The number of amides is 1. The summed E-state index contributed by atoms with van der Waals surface area (Å²) in [6, 6.07) is 8.53.